The third kappa shape index (κ3) is 27.4. The van der Waals surface area contributed by atoms with Crippen molar-refractivity contribution in [2.45, 2.75) is 261 Å². The van der Waals surface area contributed by atoms with E-state index in [1.807, 2.05) is 105 Å². The molecule has 5 aromatic rings. The molecule has 0 radical (unpaired) electrons. The van der Waals surface area contributed by atoms with Gasteiger partial charge in [-0.25, -0.2) is 47.6 Å². The van der Waals surface area contributed by atoms with Crippen LogP contribution < -0.4 is 66.1 Å². The molecule has 0 spiro atoms. The van der Waals surface area contributed by atoms with E-state index in [1.165, 1.54) is 72.5 Å². The summed E-state index contributed by atoms with van der Waals surface area (Å²) in [6.07, 6.45) is 15.7. The van der Waals surface area contributed by atoms with E-state index in [4.69, 9.17) is 0 Å². The van der Waals surface area contributed by atoms with Crippen LogP contribution in [0.3, 0.4) is 0 Å². The molecule has 6 fully saturated rings. The van der Waals surface area contributed by atoms with Crippen molar-refractivity contribution < 1.29 is 66.1 Å². The molecule has 6 saturated heterocycles. The lowest BCUT2D eigenvalue weighted by Gasteiger charge is -2.43. The van der Waals surface area contributed by atoms with E-state index in [0.717, 1.165) is 159 Å². The molecule has 5 aromatic carbocycles. The van der Waals surface area contributed by atoms with Crippen LogP contribution in [0, 0.1) is 13.8 Å². The number of fused-ring (bicyclic) bond motifs is 5. The van der Waals surface area contributed by atoms with Crippen LogP contribution in [-0.4, -0.2) is 247 Å². The molecule has 134 heavy (non-hydrogen) atoms. The molecule has 744 valence electrons. The van der Waals surface area contributed by atoms with E-state index < -0.39 is 81.2 Å². The van der Waals surface area contributed by atoms with Gasteiger partial charge in [0.25, 0.3) is 0 Å². The molecule has 40 heteroatoms. The third-order valence-electron chi connectivity index (χ3n) is 26.8. The van der Waals surface area contributed by atoms with E-state index in [1.54, 1.807) is 0 Å². The van der Waals surface area contributed by atoms with Crippen LogP contribution in [0.25, 0.3) is 0 Å². The normalized spacial score (nSPS) is 19.9. The van der Waals surface area contributed by atoms with Crippen LogP contribution in [0.1, 0.15) is 266 Å². The Hall–Kier alpha value is -8.20. The highest BCUT2D eigenvalue weighted by Crippen LogP contribution is 2.42. The van der Waals surface area contributed by atoms with Gasteiger partial charge in [-0.15, -0.1) is 0 Å². The summed E-state index contributed by atoms with van der Waals surface area (Å²) < 4.78 is 143. The van der Waals surface area contributed by atoms with Gasteiger partial charge in [-0.1, -0.05) is 155 Å². The number of hydrogen-bond donors (Lipinski definition) is 13. The summed E-state index contributed by atoms with van der Waals surface area (Å²) in [6.45, 7) is 41.7. The Labute approximate surface area is 797 Å². The molecule has 10 amide bonds. The number of rotatable bonds is 21. The third-order valence-corrected chi connectivity index (χ3v) is 34.2. The number of benzene rings is 5. The summed E-state index contributed by atoms with van der Waals surface area (Å²) in [5.41, 5.74) is 22.1. The van der Waals surface area contributed by atoms with Crippen molar-refractivity contribution in [3.05, 3.63) is 144 Å². The lowest BCUT2D eigenvalue weighted by molar-refractivity contribution is 0.0848. The molecule has 13 N–H and O–H groups in total. The van der Waals surface area contributed by atoms with Gasteiger partial charge in [-0.3, -0.25) is 9.80 Å². The number of para-hydroxylation sites is 1. The topological polar surface area (TPSA) is 435 Å². The predicted molar refractivity (Wildman–Crippen MR) is 532 cm³/mol. The van der Waals surface area contributed by atoms with Crippen molar-refractivity contribution in [2.24, 2.45) is 0 Å². The largest absolute Gasteiger partial charge is 0.333 e. The highest BCUT2D eigenvalue weighted by molar-refractivity contribution is 7.88. The number of urea groups is 5. The second-order valence-electron chi connectivity index (χ2n) is 38.8. The Morgan fingerprint density at radius 3 is 0.896 bits per heavy atom. The van der Waals surface area contributed by atoms with Crippen molar-refractivity contribution in [1.82, 2.24) is 70.9 Å². The molecule has 0 bridgehead atoms. The first-order chi connectivity index (χ1) is 63.2. The highest BCUT2D eigenvalue weighted by atomic mass is 32.2. The maximum atomic E-state index is 12.9. The number of amides is 10. The molecule has 4 aliphatic carbocycles. The number of aryl methyl sites for hydroxylation is 6. The Morgan fingerprint density at radius 1 is 0.321 bits per heavy atom. The Bertz CT molecular complexity index is 5340. The number of piperidine rings is 1. The van der Waals surface area contributed by atoms with E-state index in [9.17, 15) is 66.1 Å². The summed E-state index contributed by atoms with van der Waals surface area (Å²) in [7, 11) is -17.2. The van der Waals surface area contributed by atoms with E-state index in [2.05, 4.69) is 143 Å². The standard InChI is InChI=1S/C21H30N4O3S.C20H30N4O3S.2C18H30N4O3S.C17H28N4O3S/c26-21(22-20-18-8-3-5-15(18)13-16-6-4-9-19(16)20)23-29(27,28)25-12-11-24-10-2-1-7-17(24)14-25;1-13-11-24(12-14(2)23(13)3)28(26,27)22-20(25)21-19-17-8-4-6-15(17)10-16-7-5-9-18(16)19;2*1-12(2)15-10-14(5)11-16(13(3)4)17(15)20-18(23)21-26(24,25)22-8-6-19-7-9-22;1-12(2)14-6-5-7-15(13(3)4)16(14)19-17(22)20-25(23,24)21-10-8-18-9-11-21/h13,17H,1-12,14H2,(H2,22,23,26);10,13-14H,4-9,11-12H2,1-3H3,(H2,21,22,25);2*10-13,19H,6-9H2,1-5H3,(H2,20,21,23);5-7,12-13,18H,8-11H2,1-4H3,(H2,19,20,22). The van der Waals surface area contributed by atoms with Crippen LogP contribution in [0.2, 0.25) is 0 Å². The number of anilines is 5. The molecule has 3 unspecified atom stereocenters. The van der Waals surface area contributed by atoms with E-state index >= 15 is 0 Å². The summed E-state index contributed by atoms with van der Waals surface area (Å²) in [6, 6.07) is 15.6. The number of nitrogens with zero attached hydrogens (tertiary/aromatic N) is 7. The molecule has 0 aromatic heterocycles. The van der Waals surface area contributed by atoms with Gasteiger partial charge >= 0.3 is 81.2 Å². The number of nitrogens with one attached hydrogen (secondary N) is 13. The van der Waals surface area contributed by atoms with Crippen molar-refractivity contribution in [3.8, 4) is 0 Å². The Morgan fingerprint density at radius 2 is 0.597 bits per heavy atom. The second-order valence-corrected chi connectivity index (χ2v) is 47.2. The average molecular weight is 1960 g/mol. The maximum absolute atomic E-state index is 12.9. The van der Waals surface area contributed by atoms with E-state index in [0.29, 0.717) is 122 Å². The number of piperazine rings is 5. The predicted octanol–water partition coefficient (Wildman–Crippen LogP) is 11.5. The Kier molecular flexibility index (Phi) is 36.9. The lowest BCUT2D eigenvalue weighted by Crippen LogP contribution is -2.59. The molecule has 3 atom stereocenters. The summed E-state index contributed by atoms with van der Waals surface area (Å²) in [5, 5.41) is 23.4. The first kappa shape index (κ1) is 106. The quantitative estimate of drug-likeness (QED) is 0.0324. The molecule has 15 rings (SSSR count). The Balaban J connectivity index is 0.000000161. The van der Waals surface area contributed by atoms with Crippen LogP contribution in [0.5, 0.6) is 0 Å². The first-order valence-electron chi connectivity index (χ1n) is 48.0. The highest BCUT2D eigenvalue weighted by Gasteiger charge is 2.40. The van der Waals surface area contributed by atoms with Gasteiger partial charge in [-0.05, 0) is 245 Å². The van der Waals surface area contributed by atoms with Gasteiger partial charge in [0, 0.05) is 158 Å². The van der Waals surface area contributed by atoms with Crippen molar-refractivity contribution in [1.29, 1.82) is 0 Å². The molecular formula is C94H148N20O15S5. The summed E-state index contributed by atoms with van der Waals surface area (Å²) in [4.78, 5) is 67.2. The van der Waals surface area contributed by atoms with Crippen LogP contribution in [0.4, 0.5) is 52.4 Å². The first-order valence-corrected chi connectivity index (χ1v) is 55.2. The minimum atomic E-state index is -3.88. The van der Waals surface area contributed by atoms with Crippen LogP contribution >= 0.6 is 0 Å². The monoisotopic (exact) mass is 1960 g/mol. The molecule has 10 aliphatic rings. The molecule has 0 saturated carbocycles. The SMILES string of the molecule is CC(C)c1cccc(C(C)C)c1NC(=O)NS(=O)(=O)N1CCNCC1.CC1CN(S(=O)(=O)NC(=O)Nc2c3c(cc4c2CCC4)CCC3)CC(C)N1C.Cc1cc(C(C)C)c(NC(=O)NS(=O)(=O)N2CCNCC2)c(C(C)C)c1.Cc1cc(C(C)C)c(NC(=O)NS(=O)(=O)N2CCNCC2)c(C(C)C)c1.O=C(Nc1c2c(cc3c1CCC3)CCC2)NS(=O)(=O)N1CCN2CCCCC2C1. The number of carbonyl (C=O) groups is 5. The minimum Gasteiger partial charge on any atom is -0.314 e. The number of carbonyl (C=O) groups excluding carboxylic acids is 5. The zero-order chi connectivity index (χ0) is 97.6. The maximum Gasteiger partial charge on any atom is 0.333 e. The van der Waals surface area contributed by atoms with E-state index in [-0.39, 0.29) is 53.6 Å². The number of hydrogen-bond acceptors (Lipinski definition) is 20. The average Bonchev–Trinajstić information content (AvgIpc) is 1.63. The zero-order valence-corrected chi connectivity index (χ0v) is 85.6. The fourth-order valence-corrected chi connectivity index (χ4v) is 25.2. The van der Waals surface area contributed by atoms with Gasteiger partial charge in [0.1, 0.15) is 0 Å². The summed E-state index contributed by atoms with van der Waals surface area (Å²) in [5.74, 6) is 1.22. The van der Waals surface area contributed by atoms with Gasteiger partial charge in [0.05, 0.1) is 0 Å². The van der Waals surface area contributed by atoms with Gasteiger partial charge < -0.3 is 42.5 Å². The molecular weight excluding hydrogens is 1810 g/mol. The minimum absolute atomic E-state index is 0.101. The van der Waals surface area contributed by atoms with Crippen LogP contribution in [0.15, 0.2) is 54.6 Å². The van der Waals surface area contributed by atoms with Crippen molar-refractivity contribution >= 4 is 110 Å². The fraction of sp³-hybridized carbons (Fsp3) is 0.628. The van der Waals surface area contributed by atoms with Crippen molar-refractivity contribution in [2.75, 3.05) is 151 Å². The van der Waals surface area contributed by atoms with Crippen LogP contribution in [-0.2, 0) is 102 Å². The zero-order valence-electron chi connectivity index (χ0n) is 81.5. The lowest BCUT2D eigenvalue weighted by atomic mass is 9.90. The smallest absolute Gasteiger partial charge is 0.314 e. The molecule has 6 heterocycles. The number of likely N-dealkylation sites (N-methyl/N-ethyl adjacent to an activating group) is 1. The van der Waals surface area contributed by atoms with Crippen molar-refractivity contribution in [3.63, 3.8) is 0 Å². The van der Waals surface area contributed by atoms with Gasteiger partial charge in [0.2, 0.25) is 0 Å². The van der Waals surface area contributed by atoms with Gasteiger partial charge in [-0.2, -0.15) is 63.6 Å². The second kappa shape index (κ2) is 46.5. The fourth-order valence-electron chi connectivity index (χ4n) is 19.6. The molecule has 35 nitrogen and oxygen atoms in total. The summed E-state index contributed by atoms with van der Waals surface area (Å²) >= 11 is 0. The molecule has 6 aliphatic heterocycles. The van der Waals surface area contributed by atoms with Gasteiger partial charge in [0.15, 0.2) is 0 Å².